The normalized spacial score (nSPS) is 15.2. The molecule has 1 aliphatic rings. The number of carbonyl (C=O) groups excluding carboxylic acids is 2. The molecule has 142 valence electrons. The van der Waals surface area contributed by atoms with Gasteiger partial charge in [0.1, 0.15) is 12.4 Å². The van der Waals surface area contributed by atoms with Crippen LogP contribution in [0.25, 0.3) is 6.08 Å². The van der Waals surface area contributed by atoms with Crippen LogP contribution in [0.5, 0.6) is 5.75 Å². The van der Waals surface area contributed by atoms with Crippen LogP contribution in [0.1, 0.15) is 16.7 Å². The van der Waals surface area contributed by atoms with Crippen LogP contribution in [0.4, 0.5) is 4.79 Å². The quantitative estimate of drug-likeness (QED) is 0.255. The summed E-state index contributed by atoms with van der Waals surface area (Å²) in [7, 11) is 0. The monoisotopic (exact) mass is 615 g/mol. The van der Waals surface area contributed by atoms with Gasteiger partial charge in [0, 0.05) is 0 Å². The fourth-order valence-corrected chi connectivity index (χ4v) is 5.60. The summed E-state index contributed by atoms with van der Waals surface area (Å²) < 4.78 is 7.90. The Morgan fingerprint density at radius 1 is 1.21 bits per heavy atom. The van der Waals surface area contributed by atoms with Gasteiger partial charge in [0.2, 0.25) is 0 Å². The van der Waals surface area contributed by atoms with E-state index in [4.69, 9.17) is 11.2 Å². The van der Waals surface area contributed by atoms with Crippen LogP contribution in [0, 0.1) is 26.4 Å². The summed E-state index contributed by atoms with van der Waals surface area (Å²) in [4.78, 5) is 25.7. The molecule has 0 spiro atoms. The number of amides is 2. The minimum Gasteiger partial charge on any atom is -0.487 e. The van der Waals surface area contributed by atoms with Gasteiger partial charge in [-0.05, 0) is 93.2 Å². The number of carbonyl (C=O) groups is 2. The summed E-state index contributed by atoms with van der Waals surface area (Å²) in [5.41, 5.74) is 3.14. The molecule has 2 amide bonds. The van der Waals surface area contributed by atoms with E-state index in [9.17, 15) is 9.59 Å². The van der Waals surface area contributed by atoms with Gasteiger partial charge in [-0.3, -0.25) is 14.5 Å². The number of benzene rings is 2. The highest BCUT2D eigenvalue weighted by atomic mass is 127. The molecule has 0 unspecified atom stereocenters. The fourth-order valence-electron chi connectivity index (χ4n) is 2.64. The van der Waals surface area contributed by atoms with Gasteiger partial charge in [0.15, 0.2) is 0 Å². The third kappa shape index (κ3) is 4.90. The molecule has 0 bridgehead atoms. The van der Waals surface area contributed by atoms with Crippen LogP contribution in [-0.2, 0) is 11.4 Å². The highest BCUT2D eigenvalue weighted by Gasteiger charge is 2.34. The molecule has 7 heteroatoms. The van der Waals surface area contributed by atoms with E-state index in [2.05, 4.69) is 70.2 Å². The van der Waals surface area contributed by atoms with Crippen molar-refractivity contribution >= 4 is 74.2 Å². The van der Waals surface area contributed by atoms with E-state index < -0.39 is 0 Å². The Hall–Kier alpha value is -1.51. The van der Waals surface area contributed by atoms with E-state index >= 15 is 0 Å². The van der Waals surface area contributed by atoms with Crippen molar-refractivity contribution in [3.8, 4) is 18.1 Å². The third-order valence-electron chi connectivity index (χ3n) is 3.91. The highest BCUT2D eigenvalue weighted by molar-refractivity contribution is 14.1. The summed E-state index contributed by atoms with van der Waals surface area (Å²) >= 11 is 5.35. The maximum atomic E-state index is 12.3. The Bertz CT molecular complexity index is 1000. The van der Waals surface area contributed by atoms with Gasteiger partial charge in [-0.25, -0.2) is 0 Å². The second-order valence-electron chi connectivity index (χ2n) is 6.06. The maximum Gasteiger partial charge on any atom is 0.294 e. The number of rotatable bonds is 5. The van der Waals surface area contributed by atoms with Crippen molar-refractivity contribution in [1.82, 2.24) is 4.90 Å². The van der Waals surface area contributed by atoms with Gasteiger partial charge in [-0.2, -0.15) is 0 Å². The van der Waals surface area contributed by atoms with Gasteiger partial charge < -0.3 is 4.74 Å². The zero-order chi connectivity index (χ0) is 20.3. The predicted octanol–water partition coefficient (Wildman–Crippen LogP) is 5.45. The highest BCUT2D eigenvalue weighted by Crippen LogP contribution is 2.34. The molecule has 3 rings (SSSR count). The van der Waals surface area contributed by atoms with Gasteiger partial charge in [0.25, 0.3) is 11.1 Å². The molecular weight excluding hydrogens is 600 g/mol. The first-order valence-corrected chi connectivity index (χ1v) is 11.2. The number of nitrogens with zero attached hydrogens (tertiary/aromatic N) is 1. The molecule has 1 saturated heterocycles. The van der Waals surface area contributed by atoms with Gasteiger partial charge in [-0.1, -0.05) is 35.7 Å². The lowest BCUT2D eigenvalue weighted by Crippen LogP contribution is -2.28. The second-order valence-corrected chi connectivity index (χ2v) is 9.38. The minimum atomic E-state index is -0.349. The largest absolute Gasteiger partial charge is 0.487 e. The van der Waals surface area contributed by atoms with Crippen LogP contribution in [0.15, 0.2) is 41.3 Å². The number of hydrogen-bond donors (Lipinski definition) is 0. The number of terminal acetylenes is 1. The number of thioether (sulfide) groups is 1. The number of ether oxygens (including phenoxy) is 1. The number of halogens is 2. The Morgan fingerprint density at radius 3 is 2.57 bits per heavy atom. The van der Waals surface area contributed by atoms with Crippen LogP contribution in [0.3, 0.4) is 0 Å². The summed E-state index contributed by atoms with van der Waals surface area (Å²) in [6.45, 7) is 2.53. The summed E-state index contributed by atoms with van der Waals surface area (Å²) in [6.07, 6.45) is 6.94. The topological polar surface area (TPSA) is 46.6 Å². The molecule has 4 nitrogen and oxygen atoms in total. The van der Waals surface area contributed by atoms with Crippen molar-refractivity contribution < 1.29 is 14.3 Å². The Labute approximate surface area is 195 Å². The number of imide groups is 1. The van der Waals surface area contributed by atoms with Crippen molar-refractivity contribution in [2.24, 2.45) is 0 Å². The third-order valence-corrected chi connectivity index (χ3v) is 6.42. The molecule has 0 radical (unpaired) electrons. The van der Waals surface area contributed by atoms with Crippen molar-refractivity contribution in [3.05, 3.63) is 65.1 Å². The van der Waals surface area contributed by atoms with E-state index in [-0.39, 0.29) is 17.7 Å². The lowest BCUT2D eigenvalue weighted by Gasteiger charge is -2.12. The van der Waals surface area contributed by atoms with Crippen LogP contribution >= 0.6 is 56.9 Å². The summed E-state index contributed by atoms with van der Waals surface area (Å²) in [5, 5.41) is -0.336. The van der Waals surface area contributed by atoms with E-state index in [1.54, 1.807) is 6.08 Å². The van der Waals surface area contributed by atoms with Gasteiger partial charge in [0.05, 0.1) is 18.6 Å². The molecule has 28 heavy (non-hydrogen) atoms. The Kier molecular flexibility index (Phi) is 7.06. The average Bonchev–Trinajstić information content (AvgIpc) is 2.89. The number of aryl methyl sites for hydroxylation is 1. The minimum absolute atomic E-state index is 0.0111. The van der Waals surface area contributed by atoms with E-state index in [1.807, 2.05) is 24.3 Å². The average molecular weight is 615 g/mol. The molecule has 0 N–H and O–H groups in total. The molecule has 1 aliphatic heterocycles. The maximum absolute atomic E-state index is 12.3. The zero-order valence-electron chi connectivity index (χ0n) is 14.9. The zero-order valence-corrected chi connectivity index (χ0v) is 20.0. The Morgan fingerprint density at radius 2 is 1.93 bits per heavy atom. The lowest BCUT2D eigenvalue weighted by molar-refractivity contribution is -0.122. The van der Waals surface area contributed by atoms with E-state index in [0.29, 0.717) is 11.5 Å². The van der Waals surface area contributed by atoms with Crippen molar-refractivity contribution in [2.45, 2.75) is 13.5 Å². The lowest BCUT2D eigenvalue weighted by atomic mass is 10.1. The van der Waals surface area contributed by atoms with E-state index in [0.717, 1.165) is 40.7 Å². The van der Waals surface area contributed by atoms with Crippen LogP contribution in [0.2, 0.25) is 0 Å². The van der Waals surface area contributed by atoms with Crippen molar-refractivity contribution in [1.29, 1.82) is 0 Å². The van der Waals surface area contributed by atoms with Crippen molar-refractivity contribution in [2.75, 3.05) is 6.54 Å². The molecule has 2 aromatic carbocycles. The van der Waals surface area contributed by atoms with Gasteiger partial charge in [-0.15, -0.1) is 6.42 Å². The second kappa shape index (κ2) is 9.33. The first-order valence-electron chi connectivity index (χ1n) is 8.25. The smallest absolute Gasteiger partial charge is 0.294 e. The molecule has 0 atom stereocenters. The van der Waals surface area contributed by atoms with Crippen LogP contribution in [-0.4, -0.2) is 22.6 Å². The predicted molar refractivity (Wildman–Crippen MR) is 129 cm³/mol. The molecule has 1 heterocycles. The van der Waals surface area contributed by atoms with Crippen molar-refractivity contribution in [3.63, 3.8) is 0 Å². The van der Waals surface area contributed by atoms with E-state index in [1.165, 1.54) is 5.56 Å². The SMILES string of the molecule is C#CCN1C(=O)S/C(=C/c2cc(I)c(OCc3cccc(C)c3)c(I)c2)C1=O. The summed E-state index contributed by atoms with van der Waals surface area (Å²) in [5.74, 6) is 2.79. The molecule has 0 aromatic heterocycles. The fraction of sp³-hybridized carbons (Fsp3) is 0.143. The summed E-state index contributed by atoms with van der Waals surface area (Å²) in [6, 6.07) is 12.1. The Balaban J connectivity index is 1.79. The molecule has 0 aliphatic carbocycles. The number of hydrogen-bond acceptors (Lipinski definition) is 4. The molecule has 1 fully saturated rings. The van der Waals surface area contributed by atoms with Crippen LogP contribution < -0.4 is 4.74 Å². The molecule has 2 aromatic rings. The molecule has 0 saturated carbocycles. The van der Waals surface area contributed by atoms with Gasteiger partial charge >= 0.3 is 0 Å². The first-order chi connectivity index (χ1) is 13.4. The standard InChI is InChI=1S/C21H15I2NO3S/c1-3-7-24-20(25)18(28-21(24)26)11-15-9-16(22)19(17(23)10-15)27-12-14-6-4-5-13(2)8-14/h1,4-6,8-11H,7,12H2,2H3/b18-11+. The first kappa shape index (κ1) is 21.2. The molecular formula is C21H15I2NO3S.